The van der Waals surface area contributed by atoms with Gasteiger partial charge in [0.2, 0.25) is 0 Å². The zero-order valence-corrected chi connectivity index (χ0v) is 7.21. The number of guanidine groups is 1. The number of carboxylic acids is 1. The molecule has 0 bridgehead atoms. The topological polar surface area (TPSA) is 90.4 Å². The van der Waals surface area contributed by atoms with Gasteiger partial charge in [-0.2, -0.15) is 0 Å². The number of hydrogen-bond acceptors (Lipinski definition) is 2. The molecule has 0 saturated carbocycles. The summed E-state index contributed by atoms with van der Waals surface area (Å²) in [6.07, 6.45) is 2.39. The lowest BCUT2D eigenvalue weighted by Crippen LogP contribution is -2.33. The smallest absolute Gasteiger partial charge is 0.300 e. The van der Waals surface area contributed by atoms with E-state index in [0.29, 0.717) is 0 Å². The Balaban J connectivity index is 0.000000261. The van der Waals surface area contributed by atoms with Gasteiger partial charge < -0.3 is 15.7 Å². The highest BCUT2D eigenvalue weighted by Gasteiger charge is 2.10. The maximum Gasteiger partial charge on any atom is 0.300 e. The molecule has 1 aliphatic rings. The number of likely N-dealkylation sites (tertiary alicyclic amines) is 1. The van der Waals surface area contributed by atoms with E-state index in [2.05, 4.69) is 0 Å². The van der Waals surface area contributed by atoms with Crippen LogP contribution in [0.1, 0.15) is 19.8 Å². The number of carbonyl (C=O) groups is 1. The zero-order valence-electron chi connectivity index (χ0n) is 7.21. The van der Waals surface area contributed by atoms with E-state index < -0.39 is 5.97 Å². The molecule has 4 N–H and O–H groups in total. The summed E-state index contributed by atoms with van der Waals surface area (Å²) in [5, 5.41) is 14.4. The van der Waals surface area contributed by atoms with Crippen LogP contribution in [0, 0.1) is 5.41 Å². The molecule has 5 heteroatoms. The first-order valence-corrected chi connectivity index (χ1v) is 3.82. The van der Waals surface area contributed by atoms with Crippen molar-refractivity contribution in [1.82, 2.24) is 4.90 Å². The molecule has 1 fully saturated rings. The van der Waals surface area contributed by atoms with Crippen LogP contribution in [0.3, 0.4) is 0 Å². The van der Waals surface area contributed by atoms with E-state index in [-0.39, 0.29) is 5.96 Å². The van der Waals surface area contributed by atoms with Crippen LogP contribution in [0.5, 0.6) is 0 Å². The number of nitrogens with one attached hydrogen (secondary N) is 1. The van der Waals surface area contributed by atoms with Gasteiger partial charge in [-0.05, 0) is 12.8 Å². The summed E-state index contributed by atoms with van der Waals surface area (Å²) in [5.74, 6) is -0.609. The van der Waals surface area contributed by atoms with Crippen molar-refractivity contribution in [2.24, 2.45) is 5.73 Å². The summed E-state index contributed by atoms with van der Waals surface area (Å²) in [7, 11) is 0. The van der Waals surface area contributed by atoms with Gasteiger partial charge in [0.1, 0.15) is 0 Å². The second-order valence-corrected chi connectivity index (χ2v) is 2.60. The Hall–Kier alpha value is -1.26. The minimum absolute atomic E-state index is 0.225. The van der Waals surface area contributed by atoms with E-state index in [0.717, 1.165) is 20.0 Å². The summed E-state index contributed by atoms with van der Waals surface area (Å²) >= 11 is 0. The molecule has 5 nitrogen and oxygen atoms in total. The first-order valence-electron chi connectivity index (χ1n) is 3.82. The Kier molecular flexibility index (Phi) is 4.83. The highest BCUT2D eigenvalue weighted by Crippen LogP contribution is 2.04. The van der Waals surface area contributed by atoms with Gasteiger partial charge in [0, 0.05) is 20.0 Å². The number of nitrogens with two attached hydrogens (primary N) is 1. The van der Waals surface area contributed by atoms with Crippen LogP contribution in [-0.2, 0) is 4.79 Å². The Bertz CT molecular complexity index is 160. The highest BCUT2D eigenvalue weighted by molar-refractivity contribution is 5.74. The Morgan fingerprint density at radius 3 is 2.00 bits per heavy atom. The molecule has 1 saturated heterocycles. The molecule has 0 amide bonds. The summed E-state index contributed by atoms with van der Waals surface area (Å²) in [4.78, 5) is 10.9. The molecule has 0 aliphatic carbocycles. The van der Waals surface area contributed by atoms with Crippen LogP contribution in [0.4, 0.5) is 0 Å². The molecule has 0 spiro atoms. The predicted octanol–water partition coefficient (Wildman–Crippen LogP) is 0.0666. The van der Waals surface area contributed by atoms with Gasteiger partial charge >= 0.3 is 0 Å². The van der Waals surface area contributed by atoms with Gasteiger partial charge in [0.15, 0.2) is 5.96 Å². The molecule has 1 rings (SSSR count). The van der Waals surface area contributed by atoms with Crippen molar-refractivity contribution in [3.63, 3.8) is 0 Å². The second-order valence-electron chi connectivity index (χ2n) is 2.60. The highest BCUT2D eigenvalue weighted by atomic mass is 16.4. The molecule has 0 aromatic heterocycles. The van der Waals surface area contributed by atoms with Crippen molar-refractivity contribution >= 4 is 11.9 Å². The van der Waals surface area contributed by atoms with Crippen molar-refractivity contribution in [3.05, 3.63) is 0 Å². The van der Waals surface area contributed by atoms with Crippen molar-refractivity contribution in [2.75, 3.05) is 13.1 Å². The first-order chi connectivity index (χ1) is 5.54. The SMILES string of the molecule is CC(=O)O.N=C(N)N1CCCC1. The van der Waals surface area contributed by atoms with Crippen molar-refractivity contribution < 1.29 is 9.90 Å². The third-order valence-electron chi connectivity index (χ3n) is 1.45. The van der Waals surface area contributed by atoms with Crippen molar-refractivity contribution in [3.8, 4) is 0 Å². The Morgan fingerprint density at radius 2 is 1.83 bits per heavy atom. The maximum atomic E-state index is 9.00. The van der Waals surface area contributed by atoms with Crippen LogP contribution in [-0.4, -0.2) is 35.0 Å². The number of rotatable bonds is 0. The minimum Gasteiger partial charge on any atom is -0.481 e. The fourth-order valence-corrected chi connectivity index (χ4v) is 0.958. The quantitative estimate of drug-likeness (QED) is 0.357. The lowest BCUT2D eigenvalue weighted by atomic mass is 10.4. The molecule has 0 atom stereocenters. The Morgan fingerprint density at radius 1 is 1.50 bits per heavy atom. The van der Waals surface area contributed by atoms with Crippen LogP contribution >= 0.6 is 0 Å². The van der Waals surface area contributed by atoms with Gasteiger partial charge in [-0.3, -0.25) is 10.2 Å². The van der Waals surface area contributed by atoms with Gasteiger partial charge in [0.25, 0.3) is 5.97 Å². The first kappa shape index (κ1) is 10.7. The molecule has 70 valence electrons. The molecule has 0 radical (unpaired) electrons. The second kappa shape index (κ2) is 5.40. The summed E-state index contributed by atoms with van der Waals surface area (Å²) < 4.78 is 0. The molecular formula is C7H15N3O2. The monoisotopic (exact) mass is 173 g/mol. The van der Waals surface area contributed by atoms with Crippen LogP contribution in [0.2, 0.25) is 0 Å². The fraction of sp³-hybridized carbons (Fsp3) is 0.714. The van der Waals surface area contributed by atoms with E-state index in [1.807, 2.05) is 4.90 Å². The molecule has 0 unspecified atom stereocenters. The molecule has 1 heterocycles. The van der Waals surface area contributed by atoms with Crippen LogP contribution < -0.4 is 5.73 Å². The fourth-order valence-electron chi connectivity index (χ4n) is 0.958. The standard InChI is InChI=1S/C5H11N3.C2H4O2/c6-5(7)8-3-1-2-4-8;1-2(3)4/h1-4H2,(H3,6,7);1H3,(H,3,4). The summed E-state index contributed by atoms with van der Waals surface area (Å²) in [6, 6.07) is 0. The van der Waals surface area contributed by atoms with E-state index in [9.17, 15) is 0 Å². The average molecular weight is 173 g/mol. The number of hydrogen-bond donors (Lipinski definition) is 3. The van der Waals surface area contributed by atoms with Gasteiger partial charge in [-0.15, -0.1) is 0 Å². The van der Waals surface area contributed by atoms with E-state index in [1.54, 1.807) is 0 Å². The third kappa shape index (κ3) is 5.52. The number of carboxylic acid groups (broad SMARTS) is 1. The maximum absolute atomic E-state index is 9.00. The molecule has 1 aliphatic heterocycles. The zero-order chi connectivity index (χ0) is 9.56. The van der Waals surface area contributed by atoms with Crippen molar-refractivity contribution in [2.45, 2.75) is 19.8 Å². The largest absolute Gasteiger partial charge is 0.481 e. The van der Waals surface area contributed by atoms with Gasteiger partial charge in [0.05, 0.1) is 0 Å². The van der Waals surface area contributed by atoms with E-state index >= 15 is 0 Å². The lowest BCUT2D eigenvalue weighted by Gasteiger charge is -2.12. The Labute approximate surface area is 71.7 Å². The van der Waals surface area contributed by atoms with E-state index in [4.69, 9.17) is 21.0 Å². The predicted molar refractivity (Wildman–Crippen MR) is 46.0 cm³/mol. The normalized spacial score (nSPS) is 14.9. The number of nitrogens with zero attached hydrogens (tertiary/aromatic N) is 1. The van der Waals surface area contributed by atoms with Gasteiger partial charge in [-0.25, -0.2) is 0 Å². The molecule has 0 aromatic rings. The van der Waals surface area contributed by atoms with Crippen LogP contribution in [0.25, 0.3) is 0 Å². The number of aliphatic carboxylic acids is 1. The molecule has 0 aromatic carbocycles. The molecule has 12 heavy (non-hydrogen) atoms. The average Bonchev–Trinajstić information content (AvgIpc) is 2.34. The van der Waals surface area contributed by atoms with Crippen molar-refractivity contribution in [1.29, 1.82) is 5.41 Å². The van der Waals surface area contributed by atoms with Gasteiger partial charge in [-0.1, -0.05) is 0 Å². The molecular weight excluding hydrogens is 158 g/mol. The van der Waals surface area contributed by atoms with Crippen LogP contribution in [0.15, 0.2) is 0 Å². The minimum atomic E-state index is -0.833. The summed E-state index contributed by atoms with van der Waals surface area (Å²) in [6.45, 7) is 3.05. The van der Waals surface area contributed by atoms with E-state index in [1.165, 1.54) is 12.8 Å². The summed E-state index contributed by atoms with van der Waals surface area (Å²) in [5.41, 5.74) is 5.21. The lowest BCUT2D eigenvalue weighted by molar-refractivity contribution is -0.134. The third-order valence-corrected chi connectivity index (χ3v) is 1.45.